The van der Waals surface area contributed by atoms with Crippen molar-refractivity contribution in [1.82, 2.24) is 15.1 Å². The Balaban J connectivity index is 2.55. The summed E-state index contributed by atoms with van der Waals surface area (Å²) >= 11 is 0. The third-order valence-electron chi connectivity index (χ3n) is 2.36. The minimum Gasteiger partial charge on any atom is -0.377 e. The van der Waals surface area contributed by atoms with E-state index < -0.39 is 0 Å². The van der Waals surface area contributed by atoms with E-state index in [-0.39, 0.29) is 12.1 Å². The first-order valence-corrected chi connectivity index (χ1v) is 5.97. The molecule has 4 nitrogen and oxygen atoms in total. The molecule has 1 N–H and O–H groups in total. The van der Waals surface area contributed by atoms with Gasteiger partial charge in [0, 0.05) is 18.8 Å². The number of nitrogens with one attached hydrogen (secondary N) is 1. The smallest absolute Gasteiger partial charge is 0.0666 e. The fraction of sp³-hybridized carbons (Fsp3) is 0.750. The van der Waals surface area contributed by atoms with Crippen LogP contribution in [0.25, 0.3) is 0 Å². The molecule has 0 aliphatic rings. The van der Waals surface area contributed by atoms with E-state index in [0.29, 0.717) is 6.61 Å². The summed E-state index contributed by atoms with van der Waals surface area (Å²) in [7, 11) is 1.93. The molecule has 0 aliphatic heterocycles. The molecular formula is C12H23N3O. The van der Waals surface area contributed by atoms with Crippen LogP contribution >= 0.6 is 0 Å². The lowest BCUT2D eigenvalue weighted by atomic mass is 10.1. The highest BCUT2D eigenvalue weighted by molar-refractivity contribution is 5.10. The predicted octanol–water partition coefficient (Wildman–Crippen LogP) is 1.89. The molecule has 1 aromatic heterocycles. The molecule has 16 heavy (non-hydrogen) atoms. The minimum absolute atomic E-state index is 0.246. The Morgan fingerprint density at radius 2 is 2.25 bits per heavy atom. The Kier molecular flexibility index (Phi) is 5.49. The van der Waals surface area contributed by atoms with Gasteiger partial charge in [0.05, 0.1) is 24.9 Å². The van der Waals surface area contributed by atoms with E-state index in [2.05, 4.69) is 31.2 Å². The number of hydrogen-bond donors (Lipinski definition) is 1. The summed E-state index contributed by atoms with van der Waals surface area (Å²) in [5.74, 6) is 0. The van der Waals surface area contributed by atoms with E-state index in [0.717, 1.165) is 13.0 Å². The molecule has 0 fully saturated rings. The van der Waals surface area contributed by atoms with Gasteiger partial charge in [-0.25, -0.2) is 0 Å². The number of ether oxygens (including phenoxy) is 1. The van der Waals surface area contributed by atoms with Crippen molar-refractivity contribution in [3.8, 4) is 0 Å². The Morgan fingerprint density at radius 1 is 1.50 bits per heavy atom. The summed E-state index contributed by atoms with van der Waals surface area (Å²) in [5, 5.41) is 7.67. The fourth-order valence-corrected chi connectivity index (χ4v) is 1.50. The van der Waals surface area contributed by atoms with Gasteiger partial charge in [0.25, 0.3) is 0 Å². The SMILES string of the molecule is CCCNC(COC(C)C)c1cnn(C)c1. The Labute approximate surface area is 98.0 Å². The molecule has 0 bridgehead atoms. The maximum atomic E-state index is 5.67. The highest BCUT2D eigenvalue weighted by Gasteiger charge is 2.13. The summed E-state index contributed by atoms with van der Waals surface area (Å²) in [6.45, 7) is 7.97. The molecule has 0 saturated heterocycles. The van der Waals surface area contributed by atoms with Crippen LogP contribution in [0.4, 0.5) is 0 Å². The van der Waals surface area contributed by atoms with E-state index in [4.69, 9.17) is 4.74 Å². The number of aromatic nitrogens is 2. The van der Waals surface area contributed by atoms with Crippen molar-refractivity contribution in [1.29, 1.82) is 0 Å². The largest absolute Gasteiger partial charge is 0.377 e. The molecule has 1 aromatic rings. The van der Waals surface area contributed by atoms with Crippen LogP contribution in [0.1, 0.15) is 38.8 Å². The van der Waals surface area contributed by atoms with Gasteiger partial charge in [0.2, 0.25) is 0 Å². The van der Waals surface area contributed by atoms with Crippen LogP contribution in [0, 0.1) is 0 Å². The second kappa shape index (κ2) is 6.66. The summed E-state index contributed by atoms with van der Waals surface area (Å²) in [4.78, 5) is 0. The molecule has 1 rings (SSSR count). The van der Waals surface area contributed by atoms with Crippen LogP contribution in [-0.2, 0) is 11.8 Å². The molecule has 0 spiro atoms. The molecule has 4 heteroatoms. The lowest BCUT2D eigenvalue weighted by molar-refractivity contribution is 0.0611. The number of aryl methyl sites for hydroxylation is 1. The minimum atomic E-state index is 0.246. The van der Waals surface area contributed by atoms with Crippen molar-refractivity contribution in [3.63, 3.8) is 0 Å². The molecule has 0 amide bonds. The average molecular weight is 225 g/mol. The molecule has 1 atom stereocenters. The first-order chi connectivity index (χ1) is 7.63. The highest BCUT2D eigenvalue weighted by atomic mass is 16.5. The lowest BCUT2D eigenvalue weighted by Crippen LogP contribution is -2.27. The zero-order valence-corrected chi connectivity index (χ0v) is 10.7. The molecule has 0 aliphatic carbocycles. The van der Waals surface area contributed by atoms with Gasteiger partial charge in [-0.2, -0.15) is 5.10 Å². The van der Waals surface area contributed by atoms with Crippen molar-refractivity contribution in [2.75, 3.05) is 13.2 Å². The van der Waals surface area contributed by atoms with E-state index in [1.807, 2.05) is 24.1 Å². The predicted molar refractivity (Wildman–Crippen MR) is 65.3 cm³/mol. The molecular weight excluding hydrogens is 202 g/mol. The second-order valence-electron chi connectivity index (χ2n) is 4.34. The zero-order valence-electron chi connectivity index (χ0n) is 10.7. The van der Waals surface area contributed by atoms with Gasteiger partial charge in [-0.1, -0.05) is 6.92 Å². The summed E-state index contributed by atoms with van der Waals surface area (Å²) in [5.41, 5.74) is 1.19. The summed E-state index contributed by atoms with van der Waals surface area (Å²) in [6, 6.07) is 0.246. The fourth-order valence-electron chi connectivity index (χ4n) is 1.50. The topological polar surface area (TPSA) is 39.1 Å². The van der Waals surface area contributed by atoms with Gasteiger partial charge >= 0.3 is 0 Å². The van der Waals surface area contributed by atoms with Gasteiger partial charge in [-0.05, 0) is 26.8 Å². The van der Waals surface area contributed by atoms with Gasteiger partial charge in [-0.15, -0.1) is 0 Å². The lowest BCUT2D eigenvalue weighted by Gasteiger charge is -2.18. The van der Waals surface area contributed by atoms with Crippen LogP contribution in [0.3, 0.4) is 0 Å². The van der Waals surface area contributed by atoms with Crippen molar-refractivity contribution in [2.24, 2.45) is 7.05 Å². The Hall–Kier alpha value is -0.870. The third kappa shape index (κ3) is 4.33. The van der Waals surface area contributed by atoms with Crippen LogP contribution in [-0.4, -0.2) is 29.0 Å². The maximum absolute atomic E-state index is 5.67. The average Bonchev–Trinajstić information content (AvgIpc) is 2.64. The van der Waals surface area contributed by atoms with Crippen molar-refractivity contribution >= 4 is 0 Å². The Bertz CT molecular complexity index is 296. The highest BCUT2D eigenvalue weighted by Crippen LogP contribution is 2.12. The van der Waals surface area contributed by atoms with E-state index in [1.165, 1.54) is 5.56 Å². The summed E-state index contributed by atoms with van der Waals surface area (Å²) in [6.07, 6.45) is 5.33. The van der Waals surface area contributed by atoms with E-state index in [9.17, 15) is 0 Å². The van der Waals surface area contributed by atoms with Crippen LogP contribution in [0.5, 0.6) is 0 Å². The molecule has 0 radical (unpaired) electrons. The Morgan fingerprint density at radius 3 is 2.75 bits per heavy atom. The molecule has 92 valence electrons. The number of hydrogen-bond acceptors (Lipinski definition) is 3. The number of nitrogens with zero attached hydrogens (tertiary/aromatic N) is 2. The van der Waals surface area contributed by atoms with Crippen LogP contribution in [0.15, 0.2) is 12.4 Å². The monoisotopic (exact) mass is 225 g/mol. The molecule has 1 heterocycles. The van der Waals surface area contributed by atoms with Crippen molar-refractivity contribution < 1.29 is 4.74 Å². The third-order valence-corrected chi connectivity index (χ3v) is 2.36. The second-order valence-corrected chi connectivity index (χ2v) is 4.34. The standard InChI is InChI=1S/C12H23N3O/c1-5-6-13-12(9-16-10(2)3)11-7-14-15(4)8-11/h7-8,10,12-13H,5-6,9H2,1-4H3. The van der Waals surface area contributed by atoms with E-state index in [1.54, 1.807) is 0 Å². The normalized spacial score (nSPS) is 13.3. The summed E-state index contributed by atoms with van der Waals surface area (Å²) < 4.78 is 7.49. The quantitative estimate of drug-likeness (QED) is 0.770. The van der Waals surface area contributed by atoms with Gasteiger partial charge in [-0.3, -0.25) is 4.68 Å². The molecule has 0 aromatic carbocycles. The van der Waals surface area contributed by atoms with Gasteiger partial charge in [0.15, 0.2) is 0 Å². The number of rotatable bonds is 7. The first-order valence-electron chi connectivity index (χ1n) is 5.97. The van der Waals surface area contributed by atoms with Gasteiger partial charge in [0.1, 0.15) is 0 Å². The van der Waals surface area contributed by atoms with Crippen LogP contribution < -0.4 is 5.32 Å². The maximum Gasteiger partial charge on any atom is 0.0666 e. The van der Waals surface area contributed by atoms with Crippen molar-refractivity contribution in [3.05, 3.63) is 18.0 Å². The van der Waals surface area contributed by atoms with Gasteiger partial charge < -0.3 is 10.1 Å². The zero-order chi connectivity index (χ0) is 12.0. The van der Waals surface area contributed by atoms with Crippen LogP contribution in [0.2, 0.25) is 0 Å². The molecule has 1 unspecified atom stereocenters. The first kappa shape index (κ1) is 13.2. The molecule has 0 saturated carbocycles. The van der Waals surface area contributed by atoms with Crippen molar-refractivity contribution in [2.45, 2.75) is 39.3 Å². The van der Waals surface area contributed by atoms with E-state index >= 15 is 0 Å².